The lowest BCUT2D eigenvalue weighted by atomic mass is 9.88. The maximum Gasteiger partial charge on any atom is 0.0439 e. The van der Waals surface area contributed by atoms with Crippen molar-refractivity contribution in [3.63, 3.8) is 0 Å². The smallest absolute Gasteiger partial charge is 0.0439 e. The van der Waals surface area contributed by atoms with E-state index in [4.69, 9.17) is 0 Å². The molecule has 70 valence electrons. The summed E-state index contributed by atoms with van der Waals surface area (Å²) in [5.74, 6) is 2.33. The Kier molecular flexibility index (Phi) is 2.34. The van der Waals surface area contributed by atoms with Gasteiger partial charge in [0, 0.05) is 17.8 Å². The van der Waals surface area contributed by atoms with Crippen LogP contribution in [0.5, 0.6) is 0 Å². The van der Waals surface area contributed by atoms with Gasteiger partial charge in [0.1, 0.15) is 0 Å². The van der Waals surface area contributed by atoms with Gasteiger partial charge >= 0.3 is 0 Å². The Morgan fingerprint density at radius 3 is 2.54 bits per heavy atom. The van der Waals surface area contributed by atoms with Crippen molar-refractivity contribution in [3.8, 4) is 0 Å². The molecule has 1 aromatic heterocycles. The lowest BCUT2D eigenvalue weighted by molar-refractivity contribution is 0.440. The normalized spacial score (nSPS) is 19.0. The summed E-state index contributed by atoms with van der Waals surface area (Å²) in [4.78, 5) is 4.46. The highest BCUT2D eigenvalue weighted by atomic mass is 14.7. The van der Waals surface area contributed by atoms with Gasteiger partial charge in [0.15, 0.2) is 0 Å². The van der Waals surface area contributed by atoms with Crippen molar-refractivity contribution in [2.24, 2.45) is 11.8 Å². The van der Waals surface area contributed by atoms with Crippen LogP contribution in [0.4, 0.5) is 0 Å². The Bertz CT molecular complexity index is 260. The first-order valence-corrected chi connectivity index (χ1v) is 5.20. The third-order valence-electron chi connectivity index (χ3n) is 2.88. The fourth-order valence-corrected chi connectivity index (χ4v) is 2.16. The molecule has 0 aromatic carbocycles. The Hall–Kier alpha value is -0.850. The second kappa shape index (κ2) is 3.49. The molecule has 1 saturated carbocycles. The molecule has 1 aromatic rings. The Labute approximate surface area is 80.2 Å². The monoisotopic (exact) mass is 175 g/mol. The van der Waals surface area contributed by atoms with Crippen molar-refractivity contribution in [1.29, 1.82) is 0 Å². The molecule has 0 aliphatic heterocycles. The van der Waals surface area contributed by atoms with Gasteiger partial charge in [0.2, 0.25) is 0 Å². The molecule has 1 heterocycles. The zero-order valence-electron chi connectivity index (χ0n) is 8.40. The van der Waals surface area contributed by atoms with Crippen LogP contribution in [0.25, 0.3) is 0 Å². The highest BCUT2D eigenvalue weighted by Crippen LogP contribution is 2.45. The van der Waals surface area contributed by atoms with Gasteiger partial charge in [0.25, 0.3) is 0 Å². The van der Waals surface area contributed by atoms with E-state index in [-0.39, 0.29) is 0 Å². The van der Waals surface area contributed by atoms with Gasteiger partial charge in [0.05, 0.1) is 0 Å². The Morgan fingerprint density at radius 2 is 2.08 bits per heavy atom. The molecular formula is C12H17N. The van der Waals surface area contributed by atoms with Gasteiger partial charge < -0.3 is 0 Å². The number of rotatable bonds is 3. The molecule has 1 heteroatoms. The predicted octanol–water partition coefficient (Wildman–Crippen LogP) is 3.23. The molecule has 1 unspecified atom stereocenters. The topological polar surface area (TPSA) is 12.9 Å². The summed E-state index contributed by atoms with van der Waals surface area (Å²) < 4.78 is 0. The molecule has 13 heavy (non-hydrogen) atoms. The SMILES string of the molecule is CC(C)C(c1ccccn1)C1CC1. The first kappa shape index (κ1) is 8.74. The van der Waals surface area contributed by atoms with E-state index in [1.54, 1.807) is 0 Å². The van der Waals surface area contributed by atoms with Crippen LogP contribution in [0, 0.1) is 11.8 Å². The molecule has 1 nitrogen and oxygen atoms in total. The highest BCUT2D eigenvalue weighted by molar-refractivity contribution is 5.13. The molecule has 0 spiro atoms. The Balaban J connectivity index is 2.20. The van der Waals surface area contributed by atoms with Crippen molar-refractivity contribution in [2.45, 2.75) is 32.6 Å². The lowest BCUT2D eigenvalue weighted by Gasteiger charge is -2.19. The van der Waals surface area contributed by atoms with Crippen LogP contribution in [-0.4, -0.2) is 4.98 Å². The van der Waals surface area contributed by atoms with Gasteiger partial charge in [-0.25, -0.2) is 0 Å². The molecule has 1 aliphatic carbocycles. The third-order valence-corrected chi connectivity index (χ3v) is 2.88. The van der Waals surface area contributed by atoms with E-state index in [0.29, 0.717) is 5.92 Å². The third kappa shape index (κ3) is 1.90. The summed E-state index contributed by atoms with van der Waals surface area (Å²) in [5, 5.41) is 0. The first-order valence-electron chi connectivity index (χ1n) is 5.20. The van der Waals surface area contributed by atoms with Crippen LogP contribution in [0.15, 0.2) is 24.4 Å². The summed E-state index contributed by atoms with van der Waals surface area (Å²) in [7, 11) is 0. The van der Waals surface area contributed by atoms with Crippen molar-refractivity contribution in [3.05, 3.63) is 30.1 Å². The minimum Gasteiger partial charge on any atom is -0.261 e. The lowest BCUT2D eigenvalue weighted by Crippen LogP contribution is -2.10. The average molecular weight is 175 g/mol. The molecule has 0 amide bonds. The number of aromatic nitrogens is 1. The van der Waals surface area contributed by atoms with E-state index in [1.807, 2.05) is 12.3 Å². The van der Waals surface area contributed by atoms with E-state index in [0.717, 1.165) is 11.8 Å². The minimum atomic E-state index is 0.696. The second-order valence-electron chi connectivity index (χ2n) is 4.36. The first-order chi connectivity index (χ1) is 6.29. The molecule has 0 radical (unpaired) electrons. The maximum absolute atomic E-state index is 4.46. The fourth-order valence-electron chi connectivity index (χ4n) is 2.16. The number of nitrogens with zero attached hydrogens (tertiary/aromatic N) is 1. The van der Waals surface area contributed by atoms with Crippen LogP contribution in [0.2, 0.25) is 0 Å². The van der Waals surface area contributed by atoms with E-state index in [2.05, 4.69) is 31.0 Å². The van der Waals surface area contributed by atoms with Gasteiger partial charge in [-0.3, -0.25) is 4.98 Å². The molecule has 1 atom stereocenters. The summed E-state index contributed by atoms with van der Waals surface area (Å²) in [5.41, 5.74) is 1.29. The summed E-state index contributed by atoms with van der Waals surface area (Å²) in [6, 6.07) is 6.26. The molecule has 1 aliphatic rings. The van der Waals surface area contributed by atoms with E-state index in [9.17, 15) is 0 Å². The molecule has 1 fully saturated rings. The second-order valence-corrected chi connectivity index (χ2v) is 4.36. The highest BCUT2D eigenvalue weighted by Gasteiger charge is 2.34. The van der Waals surface area contributed by atoms with Crippen LogP contribution >= 0.6 is 0 Å². The zero-order valence-corrected chi connectivity index (χ0v) is 8.40. The molecule has 0 saturated heterocycles. The van der Waals surface area contributed by atoms with E-state index in [1.165, 1.54) is 18.5 Å². The van der Waals surface area contributed by atoms with Gasteiger partial charge in [-0.1, -0.05) is 19.9 Å². The molecule has 0 bridgehead atoms. The maximum atomic E-state index is 4.46. The molecule has 0 N–H and O–H groups in total. The van der Waals surface area contributed by atoms with E-state index < -0.39 is 0 Å². The Morgan fingerprint density at radius 1 is 1.31 bits per heavy atom. The van der Waals surface area contributed by atoms with Crippen molar-refractivity contribution >= 4 is 0 Å². The van der Waals surface area contributed by atoms with Gasteiger partial charge in [-0.05, 0) is 36.8 Å². The van der Waals surface area contributed by atoms with Crippen molar-refractivity contribution < 1.29 is 0 Å². The predicted molar refractivity (Wildman–Crippen MR) is 54.5 cm³/mol. The van der Waals surface area contributed by atoms with Crippen LogP contribution in [-0.2, 0) is 0 Å². The number of hydrogen-bond acceptors (Lipinski definition) is 1. The fraction of sp³-hybridized carbons (Fsp3) is 0.583. The van der Waals surface area contributed by atoms with Crippen molar-refractivity contribution in [2.75, 3.05) is 0 Å². The number of pyridine rings is 1. The molecule has 2 rings (SSSR count). The number of hydrogen-bond donors (Lipinski definition) is 0. The van der Waals surface area contributed by atoms with Crippen LogP contribution < -0.4 is 0 Å². The quantitative estimate of drug-likeness (QED) is 0.687. The van der Waals surface area contributed by atoms with Gasteiger partial charge in [-0.2, -0.15) is 0 Å². The zero-order chi connectivity index (χ0) is 9.26. The standard InChI is InChI=1S/C12H17N/c1-9(2)12(10-6-7-10)11-5-3-4-8-13-11/h3-5,8-10,12H,6-7H2,1-2H3. The minimum absolute atomic E-state index is 0.696. The summed E-state index contributed by atoms with van der Waals surface area (Å²) >= 11 is 0. The van der Waals surface area contributed by atoms with Gasteiger partial charge in [-0.15, -0.1) is 0 Å². The average Bonchev–Trinajstić information content (AvgIpc) is 2.90. The summed E-state index contributed by atoms with van der Waals surface area (Å²) in [6.45, 7) is 4.61. The van der Waals surface area contributed by atoms with Crippen molar-refractivity contribution in [1.82, 2.24) is 4.98 Å². The van der Waals surface area contributed by atoms with Crippen LogP contribution in [0.1, 0.15) is 38.3 Å². The largest absolute Gasteiger partial charge is 0.261 e. The summed E-state index contributed by atoms with van der Waals surface area (Å²) in [6.07, 6.45) is 4.71. The van der Waals surface area contributed by atoms with E-state index >= 15 is 0 Å². The molecular weight excluding hydrogens is 158 g/mol. The van der Waals surface area contributed by atoms with Crippen LogP contribution in [0.3, 0.4) is 0 Å².